The molecule has 0 heterocycles. The van der Waals surface area contributed by atoms with Crippen molar-refractivity contribution in [3.05, 3.63) is 29.3 Å². The van der Waals surface area contributed by atoms with Gasteiger partial charge in [0.25, 0.3) is 5.91 Å². The fourth-order valence-corrected chi connectivity index (χ4v) is 2.04. The Bertz CT molecular complexity index is 425. The molecule has 0 bridgehead atoms. The summed E-state index contributed by atoms with van der Waals surface area (Å²) in [5.41, 5.74) is 7.32. The summed E-state index contributed by atoms with van der Waals surface area (Å²) in [6.45, 7) is 1.95. The number of hydrogen-bond donors (Lipinski definition) is 2. The van der Waals surface area contributed by atoms with Crippen molar-refractivity contribution in [1.29, 1.82) is 0 Å². The first-order chi connectivity index (χ1) is 8.10. The van der Waals surface area contributed by atoms with Gasteiger partial charge >= 0.3 is 0 Å². The molecule has 0 atom stereocenters. The van der Waals surface area contributed by atoms with E-state index < -0.39 is 0 Å². The number of hydrogen-bond acceptors (Lipinski definition) is 3. The highest BCUT2D eigenvalue weighted by Gasteiger charge is 2.28. The van der Waals surface area contributed by atoms with Crippen molar-refractivity contribution in [3.8, 4) is 5.75 Å². The average Bonchev–Trinajstić information content (AvgIpc) is 2.27. The van der Waals surface area contributed by atoms with E-state index in [1.54, 1.807) is 7.11 Å². The lowest BCUT2D eigenvalue weighted by Crippen LogP contribution is -2.50. The number of amides is 1. The number of carbonyl (C=O) groups excluding carboxylic acids is 1. The first-order valence-electron chi connectivity index (χ1n) is 5.81. The molecule has 2 rings (SSSR count). The van der Waals surface area contributed by atoms with Crippen LogP contribution in [0, 0.1) is 6.92 Å². The molecule has 0 spiro atoms. The highest BCUT2D eigenvalue weighted by atomic mass is 16.5. The summed E-state index contributed by atoms with van der Waals surface area (Å²) in [5.74, 6) is 0.527. The third-order valence-electron chi connectivity index (χ3n) is 3.11. The number of rotatable bonds is 3. The lowest BCUT2D eigenvalue weighted by molar-refractivity contribution is 0.0907. The number of benzene rings is 1. The zero-order valence-electron chi connectivity index (χ0n) is 10.2. The minimum atomic E-state index is -0.0811. The van der Waals surface area contributed by atoms with E-state index in [2.05, 4.69) is 5.32 Å². The second-order valence-electron chi connectivity index (χ2n) is 4.61. The lowest BCUT2D eigenvalue weighted by atomic mass is 9.87. The summed E-state index contributed by atoms with van der Waals surface area (Å²) < 4.78 is 5.19. The summed E-state index contributed by atoms with van der Waals surface area (Å²) in [6.07, 6.45) is 1.72. The van der Waals surface area contributed by atoms with Crippen LogP contribution in [0.2, 0.25) is 0 Å². The standard InChI is InChI=1S/C13H18N2O2/c1-8-3-4-12(17-2)11(5-8)13(16)15-10-6-9(14)7-10/h3-5,9-10H,6-7,14H2,1-2H3,(H,15,16). The van der Waals surface area contributed by atoms with Crippen molar-refractivity contribution in [2.75, 3.05) is 7.11 Å². The van der Waals surface area contributed by atoms with Crippen molar-refractivity contribution in [2.45, 2.75) is 31.8 Å². The van der Waals surface area contributed by atoms with Gasteiger partial charge in [-0.1, -0.05) is 11.6 Å². The Balaban J connectivity index is 2.09. The third-order valence-corrected chi connectivity index (χ3v) is 3.11. The summed E-state index contributed by atoms with van der Waals surface area (Å²) in [7, 11) is 1.57. The van der Waals surface area contributed by atoms with Crippen molar-refractivity contribution in [3.63, 3.8) is 0 Å². The van der Waals surface area contributed by atoms with Crippen LogP contribution < -0.4 is 15.8 Å². The molecular weight excluding hydrogens is 216 g/mol. The topological polar surface area (TPSA) is 64.3 Å². The predicted molar refractivity (Wildman–Crippen MR) is 66.2 cm³/mol. The SMILES string of the molecule is COc1ccc(C)cc1C(=O)NC1CC(N)C1. The molecule has 4 nitrogen and oxygen atoms in total. The number of methoxy groups -OCH3 is 1. The number of ether oxygens (including phenoxy) is 1. The minimum absolute atomic E-state index is 0.0811. The first kappa shape index (κ1) is 11.9. The number of nitrogens with two attached hydrogens (primary N) is 1. The Morgan fingerprint density at radius 2 is 2.18 bits per heavy atom. The molecule has 92 valence electrons. The Kier molecular flexibility index (Phi) is 3.33. The van der Waals surface area contributed by atoms with E-state index in [-0.39, 0.29) is 18.0 Å². The first-order valence-corrected chi connectivity index (χ1v) is 5.81. The van der Waals surface area contributed by atoms with Gasteiger partial charge in [-0.25, -0.2) is 0 Å². The molecule has 1 amide bonds. The summed E-state index contributed by atoms with van der Waals surface area (Å²) in [4.78, 5) is 12.1. The monoisotopic (exact) mass is 234 g/mol. The van der Waals surface area contributed by atoms with Crippen LogP contribution >= 0.6 is 0 Å². The Hall–Kier alpha value is -1.55. The van der Waals surface area contributed by atoms with Gasteiger partial charge in [0.15, 0.2) is 0 Å². The Morgan fingerprint density at radius 3 is 2.76 bits per heavy atom. The van der Waals surface area contributed by atoms with Crippen LogP contribution in [0.4, 0.5) is 0 Å². The maximum Gasteiger partial charge on any atom is 0.255 e. The molecule has 0 unspecified atom stereocenters. The van der Waals surface area contributed by atoms with Crippen LogP contribution in [-0.2, 0) is 0 Å². The average molecular weight is 234 g/mol. The zero-order valence-corrected chi connectivity index (χ0v) is 10.2. The minimum Gasteiger partial charge on any atom is -0.496 e. The smallest absolute Gasteiger partial charge is 0.255 e. The zero-order chi connectivity index (χ0) is 12.4. The molecule has 0 radical (unpaired) electrons. The molecule has 1 aromatic carbocycles. The summed E-state index contributed by atoms with van der Waals surface area (Å²) in [5, 5.41) is 2.97. The second kappa shape index (κ2) is 4.75. The van der Waals surface area contributed by atoms with Gasteiger partial charge in [0.05, 0.1) is 12.7 Å². The molecule has 17 heavy (non-hydrogen) atoms. The fourth-order valence-electron chi connectivity index (χ4n) is 2.04. The number of aryl methyl sites for hydroxylation is 1. The van der Waals surface area contributed by atoms with Crippen LogP contribution in [0.5, 0.6) is 5.75 Å². The maximum atomic E-state index is 12.1. The van der Waals surface area contributed by atoms with E-state index >= 15 is 0 Å². The van der Waals surface area contributed by atoms with Gasteiger partial charge < -0.3 is 15.8 Å². The predicted octanol–water partition coefficient (Wildman–Crippen LogP) is 1.22. The van der Waals surface area contributed by atoms with Crippen LogP contribution in [0.1, 0.15) is 28.8 Å². The highest BCUT2D eigenvalue weighted by Crippen LogP contribution is 2.22. The van der Waals surface area contributed by atoms with Crippen LogP contribution in [0.15, 0.2) is 18.2 Å². The van der Waals surface area contributed by atoms with Crippen molar-refractivity contribution in [2.24, 2.45) is 5.73 Å². The highest BCUT2D eigenvalue weighted by molar-refractivity contribution is 5.97. The van der Waals surface area contributed by atoms with E-state index in [4.69, 9.17) is 10.5 Å². The van der Waals surface area contributed by atoms with E-state index in [1.165, 1.54) is 0 Å². The molecule has 0 saturated heterocycles. The third kappa shape index (κ3) is 2.58. The molecule has 0 aliphatic heterocycles. The molecule has 1 fully saturated rings. The fraction of sp³-hybridized carbons (Fsp3) is 0.462. The van der Waals surface area contributed by atoms with Crippen molar-refractivity contribution >= 4 is 5.91 Å². The van der Waals surface area contributed by atoms with Gasteiger partial charge in [-0.05, 0) is 31.9 Å². The van der Waals surface area contributed by atoms with Gasteiger partial charge in [0, 0.05) is 12.1 Å². The number of carbonyl (C=O) groups is 1. The molecule has 1 saturated carbocycles. The van der Waals surface area contributed by atoms with Crippen LogP contribution in [-0.4, -0.2) is 25.1 Å². The number of nitrogens with one attached hydrogen (secondary N) is 1. The molecule has 4 heteroatoms. The molecule has 0 aromatic heterocycles. The van der Waals surface area contributed by atoms with Crippen molar-refractivity contribution in [1.82, 2.24) is 5.32 Å². The van der Waals surface area contributed by atoms with E-state index in [9.17, 15) is 4.79 Å². The molecule has 3 N–H and O–H groups in total. The Morgan fingerprint density at radius 1 is 1.47 bits per heavy atom. The Labute approximate surface area is 101 Å². The van der Waals surface area contributed by atoms with E-state index in [0.717, 1.165) is 18.4 Å². The quantitative estimate of drug-likeness (QED) is 0.826. The largest absolute Gasteiger partial charge is 0.496 e. The van der Waals surface area contributed by atoms with Gasteiger partial charge in [0.2, 0.25) is 0 Å². The molecule has 1 aliphatic rings. The van der Waals surface area contributed by atoms with Gasteiger partial charge in [-0.2, -0.15) is 0 Å². The van der Waals surface area contributed by atoms with Crippen LogP contribution in [0.25, 0.3) is 0 Å². The normalized spacial score (nSPS) is 22.8. The molecule has 1 aliphatic carbocycles. The van der Waals surface area contributed by atoms with E-state index in [0.29, 0.717) is 11.3 Å². The van der Waals surface area contributed by atoms with E-state index in [1.807, 2.05) is 25.1 Å². The summed E-state index contributed by atoms with van der Waals surface area (Å²) >= 11 is 0. The molecular formula is C13H18N2O2. The molecule has 1 aromatic rings. The van der Waals surface area contributed by atoms with Gasteiger partial charge in [0.1, 0.15) is 5.75 Å². The lowest BCUT2D eigenvalue weighted by Gasteiger charge is -2.33. The van der Waals surface area contributed by atoms with Gasteiger partial charge in [-0.3, -0.25) is 4.79 Å². The van der Waals surface area contributed by atoms with Gasteiger partial charge in [-0.15, -0.1) is 0 Å². The van der Waals surface area contributed by atoms with Crippen molar-refractivity contribution < 1.29 is 9.53 Å². The van der Waals surface area contributed by atoms with Crippen LogP contribution in [0.3, 0.4) is 0 Å². The maximum absolute atomic E-state index is 12.1. The second-order valence-corrected chi connectivity index (χ2v) is 4.61. The summed E-state index contributed by atoms with van der Waals surface area (Å²) in [6, 6.07) is 6.03.